The van der Waals surface area contributed by atoms with Crippen molar-refractivity contribution in [3.8, 4) is 11.5 Å². The maximum absolute atomic E-state index is 10.2. The first-order valence-electron chi connectivity index (χ1n) is 5.41. The lowest BCUT2D eigenvalue weighted by Gasteiger charge is -2.09. The lowest BCUT2D eigenvalue weighted by molar-refractivity contribution is -0.400. The number of rotatable bonds is 6. The minimum atomic E-state index is -0.509. The van der Waals surface area contributed by atoms with E-state index in [1.165, 1.54) is 6.08 Å². The van der Waals surface area contributed by atoms with Gasteiger partial charge in [-0.1, -0.05) is 18.2 Å². The van der Waals surface area contributed by atoms with Gasteiger partial charge in [-0.25, -0.2) is 0 Å². The van der Waals surface area contributed by atoms with Gasteiger partial charge in [0.1, 0.15) is 6.61 Å². The number of allylic oxidation sites excluding steroid dienone is 1. The Hall–Kier alpha value is -2.30. The van der Waals surface area contributed by atoms with Gasteiger partial charge in [0.05, 0.1) is 12.0 Å². The summed E-state index contributed by atoms with van der Waals surface area (Å²) >= 11 is 0. The molecule has 0 N–H and O–H groups in total. The molecule has 1 rings (SSSR count). The molecule has 0 saturated heterocycles. The summed E-state index contributed by atoms with van der Waals surface area (Å²) in [6.07, 6.45) is 6.03. The van der Waals surface area contributed by atoms with Crippen molar-refractivity contribution in [1.29, 1.82) is 0 Å². The molecule has 0 unspecified atom stereocenters. The minimum absolute atomic E-state index is 0.426. The summed E-state index contributed by atoms with van der Waals surface area (Å²) in [4.78, 5) is 9.74. The quantitative estimate of drug-likeness (QED) is 0.442. The third kappa shape index (κ3) is 4.29. The summed E-state index contributed by atoms with van der Waals surface area (Å²) < 4.78 is 10.6. The number of nitrogens with zero attached hydrogens (tertiary/aromatic N) is 1. The highest BCUT2D eigenvalue weighted by atomic mass is 16.6. The maximum atomic E-state index is 10.2. The van der Waals surface area contributed by atoms with Gasteiger partial charge in [-0.15, -0.1) is 0 Å². The van der Waals surface area contributed by atoms with E-state index in [9.17, 15) is 10.1 Å². The first-order chi connectivity index (χ1) is 8.67. The van der Waals surface area contributed by atoms with Crippen LogP contribution in [0.3, 0.4) is 0 Å². The van der Waals surface area contributed by atoms with Crippen molar-refractivity contribution in [1.82, 2.24) is 0 Å². The molecule has 0 fully saturated rings. The topological polar surface area (TPSA) is 61.6 Å². The Morgan fingerprint density at radius 2 is 2.17 bits per heavy atom. The Morgan fingerprint density at radius 1 is 1.39 bits per heavy atom. The Labute approximate surface area is 105 Å². The minimum Gasteiger partial charge on any atom is -0.493 e. The molecule has 1 aromatic rings. The second-order valence-electron chi connectivity index (χ2n) is 3.39. The maximum Gasteiger partial charge on any atom is 0.235 e. The zero-order chi connectivity index (χ0) is 13.4. The van der Waals surface area contributed by atoms with Crippen LogP contribution in [0.1, 0.15) is 12.5 Å². The monoisotopic (exact) mass is 249 g/mol. The van der Waals surface area contributed by atoms with Crippen LogP contribution >= 0.6 is 0 Å². The number of methoxy groups -OCH3 is 1. The van der Waals surface area contributed by atoms with Gasteiger partial charge in [0.15, 0.2) is 11.5 Å². The second kappa shape index (κ2) is 7.11. The molecule has 0 bridgehead atoms. The lowest BCUT2D eigenvalue weighted by Crippen LogP contribution is -1.96. The molecule has 1 aromatic carbocycles. The fraction of sp³-hybridized carbons (Fsp3) is 0.231. The van der Waals surface area contributed by atoms with Gasteiger partial charge in [0, 0.05) is 6.08 Å². The molecule has 0 aromatic heterocycles. The molecule has 0 spiro atoms. The molecule has 96 valence electrons. The van der Waals surface area contributed by atoms with Crippen molar-refractivity contribution in [3.63, 3.8) is 0 Å². The number of benzene rings is 1. The predicted molar refractivity (Wildman–Crippen MR) is 69.3 cm³/mol. The van der Waals surface area contributed by atoms with Crippen molar-refractivity contribution >= 4 is 6.08 Å². The van der Waals surface area contributed by atoms with Crippen LogP contribution in [-0.2, 0) is 0 Å². The van der Waals surface area contributed by atoms with Crippen LogP contribution in [0.2, 0.25) is 0 Å². The molecule has 0 amide bonds. The molecule has 0 radical (unpaired) electrons. The highest BCUT2D eigenvalue weighted by molar-refractivity contribution is 5.55. The number of ether oxygens (including phenoxy) is 2. The molecule has 0 aliphatic rings. The van der Waals surface area contributed by atoms with Crippen LogP contribution in [0.5, 0.6) is 11.5 Å². The largest absolute Gasteiger partial charge is 0.493 e. The fourth-order valence-corrected chi connectivity index (χ4v) is 1.29. The van der Waals surface area contributed by atoms with Gasteiger partial charge in [-0.2, -0.15) is 0 Å². The van der Waals surface area contributed by atoms with Gasteiger partial charge < -0.3 is 9.47 Å². The van der Waals surface area contributed by atoms with Crippen molar-refractivity contribution in [2.75, 3.05) is 13.7 Å². The first kappa shape index (κ1) is 13.8. The normalized spacial score (nSPS) is 11.0. The van der Waals surface area contributed by atoms with Crippen LogP contribution in [0.15, 0.2) is 36.6 Å². The first-order valence-corrected chi connectivity index (χ1v) is 5.41. The van der Waals surface area contributed by atoms with Crippen molar-refractivity contribution in [3.05, 3.63) is 52.2 Å². The van der Waals surface area contributed by atoms with Crippen LogP contribution in [-0.4, -0.2) is 18.6 Å². The van der Waals surface area contributed by atoms with Crippen LogP contribution < -0.4 is 9.47 Å². The summed E-state index contributed by atoms with van der Waals surface area (Å²) in [5.74, 6) is 1.15. The third-order valence-corrected chi connectivity index (χ3v) is 2.15. The molecular weight excluding hydrogens is 234 g/mol. The average molecular weight is 249 g/mol. The molecule has 0 saturated carbocycles. The van der Waals surface area contributed by atoms with E-state index in [1.54, 1.807) is 25.3 Å². The van der Waals surface area contributed by atoms with E-state index in [0.29, 0.717) is 23.7 Å². The molecule has 0 aliphatic carbocycles. The zero-order valence-corrected chi connectivity index (χ0v) is 10.3. The summed E-state index contributed by atoms with van der Waals surface area (Å²) in [5.41, 5.74) is 0.683. The molecule has 0 atom stereocenters. The van der Waals surface area contributed by atoms with E-state index in [0.717, 1.165) is 6.20 Å². The zero-order valence-electron chi connectivity index (χ0n) is 10.3. The van der Waals surface area contributed by atoms with Gasteiger partial charge in [-0.3, -0.25) is 10.1 Å². The standard InChI is InChI=1S/C13H15NO4/c1-3-4-9-18-13-10-11(7-8-14(15)16)5-6-12(13)17-2/h3-8,10H,9H2,1-2H3/b4-3+,8-7+. The SMILES string of the molecule is C/C=C/COc1cc(/C=C/[N+](=O)[O-])ccc1OC. The van der Waals surface area contributed by atoms with Crippen LogP contribution in [0, 0.1) is 10.1 Å². The number of hydrogen-bond donors (Lipinski definition) is 0. The Kier molecular flexibility index (Phi) is 5.44. The lowest BCUT2D eigenvalue weighted by atomic mass is 10.2. The van der Waals surface area contributed by atoms with Crippen molar-refractivity contribution < 1.29 is 14.4 Å². The van der Waals surface area contributed by atoms with E-state index in [4.69, 9.17) is 9.47 Å². The van der Waals surface area contributed by atoms with E-state index in [-0.39, 0.29) is 0 Å². The Balaban J connectivity index is 2.90. The molecule has 18 heavy (non-hydrogen) atoms. The molecule has 0 heterocycles. The van der Waals surface area contributed by atoms with Gasteiger partial charge in [-0.05, 0) is 24.6 Å². The summed E-state index contributed by atoms with van der Waals surface area (Å²) in [7, 11) is 1.55. The molecule has 0 aliphatic heterocycles. The second-order valence-corrected chi connectivity index (χ2v) is 3.39. The van der Waals surface area contributed by atoms with Gasteiger partial charge in [0.25, 0.3) is 0 Å². The fourth-order valence-electron chi connectivity index (χ4n) is 1.29. The van der Waals surface area contributed by atoms with E-state index in [1.807, 2.05) is 19.1 Å². The van der Waals surface area contributed by atoms with Crippen LogP contribution in [0.4, 0.5) is 0 Å². The molecule has 5 nitrogen and oxygen atoms in total. The number of hydrogen-bond acceptors (Lipinski definition) is 4. The molecule has 5 heteroatoms. The Bertz CT molecular complexity index is 466. The Morgan fingerprint density at radius 3 is 2.78 bits per heavy atom. The highest BCUT2D eigenvalue weighted by Gasteiger charge is 2.04. The predicted octanol–water partition coefficient (Wildman–Crippen LogP) is 2.90. The van der Waals surface area contributed by atoms with Crippen LogP contribution in [0.25, 0.3) is 6.08 Å². The summed E-state index contributed by atoms with van der Waals surface area (Å²) in [6, 6.07) is 5.13. The van der Waals surface area contributed by atoms with Crippen molar-refractivity contribution in [2.24, 2.45) is 0 Å². The van der Waals surface area contributed by atoms with Crippen molar-refractivity contribution in [2.45, 2.75) is 6.92 Å². The van der Waals surface area contributed by atoms with E-state index in [2.05, 4.69) is 0 Å². The number of nitro groups is 1. The third-order valence-electron chi connectivity index (χ3n) is 2.15. The van der Waals surface area contributed by atoms with Gasteiger partial charge >= 0.3 is 0 Å². The summed E-state index contributed by atoms with van der Waals surface area (Å²) in [5, 5.41) is 10.2. The van der Waals surface area contributed by atoms with E-state index >= 15 is 0 Å². The molecular formula is C13H15NO4. The average Bonchev–Trinajstić information content (AvgIpc) is 2.37. The van der Waals surface area contributed by atoms with E-state index < -0.39 is 4.92 Å². The highest BCUT2D eigenvalue weighted by Crippen LogP contribution is 2.28. The smallest absolute Gasteiger partial charge is 0.235 e. The summed E-state index contributed by atoms with van der Waals surface area (Å²) in [6.45, 7) is 2.33. The van der Waals surface area contributed by atoms with Gasteiger partial charge in [0.2, 0.25) is 6.20 Å².